The van der Waals surface area contributed by atoms with Crippen LogP contribution in [0, 0.1) is 0 Å². The minimum atomic E-state index is -3.65. The predicted octanol–water partition coefficient (Wildman–Crippen LogP) is 3.90. The number of aromatic amines is 1. The van der Waals surface area contributed by atoms with E-state index in [1.807, 2.05) is 19.1 Å². The molecule has 0 spiro atoms. The van der Waals surface area contributed by atoms with Crippen LogP contribution in [0.2, 0.25) is 0 Å². The molecule has 7 nitrogen and oxygen atoms in total. The van der Waals surface area contributed by atoms with Crippen molar-refractivity contribution in [3.05, 3.63) is 41.3 Å². The Morgan fingerprint density at radius 2 is 1.96 bits per heavy atom. The highest BCUT2D eigenvalue weighted by Gasteiger charge is 2.24. The summed E-state index contributed by atoms with van der Waals surface area (Å²) in [5.41, 5.74) is 2.56. The van der Waals surface area contributed by atoms with E-state index in [0.29, 0.717) is 23.8 Å². The number of aromatic nitrogens is 4. The molecule has 0 fully saturated rings. The van der Waals surface area contributed by atoms with Gasteiger partial charge in [0.1, 0.15) is 16.4 Å². The fourth-order valence-corrected chi connectivity index (χ4v) is 4.39. The van der Waals surface area contributed by atoms with Crippen LogP contribution in [-0.2, 0) is 22.0 Å². The lowest BCUT2D eigenvalue weighted by atomic mass is 10.1. The van der Waals surface area contributed by atoms with E-state index in [0.717, 1.165) is 30.5 Å². The topological polar surface area (TPSA) is 89.3 Å². The number of ether oxygens (including phenoxy) is 1. The molecule has 0 aliphatic carbocycles. The summed E-state index contributed by atoms with van der Waals surface area (Å²) >= 11 is 0. The van der Waals surface area contributed by atoms with Crippen LogP contribution in [0.25, 0.3) is 5.65 Å². The number of unbranched alkanes of at least 4 members (excludes halogenated alkanes) is 1. The van der Waals surface area contributed by atoms with Crippen molar-refractivity contribution in [3.8, 4) is 5.75 Å². The zero-order valence-electron chi connectivity index (χ0n) is 16.9. The zero-order valence-corrected chi connectivity index (χ0v) is 17.7. The second kappa shape index (κ2) is 8.34. The smallest absolute Gasteiger partial charge is 0.189 e. The molecule has 0 atom stereocenters. The Morgan fingerprint density at radius 1 is 1.18 bits per heavy atom. The molecule has 3 rings (SSSR count). The molecule has 152 valence electrons. The van der Waals surface area contributed by atoms with Gasteiger partial charge in [-0.3, -0.25) is 5.10 Å². The second-order valence-electron chi connectivity index (χ2n) is 7.27. The molecule has 2 heterocycles. The van der Waals surface area contributed by atoms with E-state index in [1.165, 1.54) is 0 Å². The SMILES string of the molecule is CCCCOc1ccc(CC)cc1S(=O)(=O)Cc1nnc2cc(C(C)C)[nH]n12. The van der Waals surface area contributed by atoms with Gasteiger partial charge in [-0.2, -0.15) is 0 Å². The minimum absolute atomic E-state index is 0.218. The quantitative estimate of drug-likeness (QED) is 0.546. The molecule has 3 aromatic rings. The Balaban J connectivity index is 1.96. The molecule has 0 bridgehead atoms. The Hall–Kier alpha value is -2.35. The fraction of sp³-hybridized carbons (Fsp3) is 0.500. The van der Waals surface area contributed by atoms with Gasteiger partial charge in [0.15, 0.2) is 21.3 Å². The predicted molar refractivity (Wildman–Crippen MR) is 109 cm³/mol. The largest absolute Gasteiger partial charge is 0.492 e. The van der Waals surface area contributed by atoms with Crippen molar-refractivity contribution >= 4 is 15.5 Å². The van der Waals surface area contributed by atoms with Gasteiger partial charge >= 0.3 is 0 Å². The first kappa shape index (κ1) is 20.4. The molecule has 0 radical (unpaired) electrons. The van der Waals surface area contributed by atoms with E-state index in [4.69, 9.17) is 4.74 Å². The normalized spacial score (nSPS) is 12.2. The highest BCUT2D eigenvalue weighted by atomic mass is 32.2. The molecule has 0 aliphatic heterocycles. The van der Waals surface area contributed by atoms with E-state index in [2.05, 4.69) is 36.1 Å². The van der Waals surface area contributed by atoms with E-state index in [9.17, 15) is 8.42 Å². The van der Waals surface area contributed by atoms with Gasteiger partial charge in [-0.25, -0.2) is 12.9 Å². The summed E-state index contributed by atoms with van der Waals surface area (Å²) in [7, 11) is -3.65. The molecule has 0 saturated carbocycles. The monoisotopic (exact) mass is 404 g/mol. The van der Waals surface area contributed by atoms with Gasteiger partial charge in [-0.15, -0.1) is 10.2 Å². The fourth-order valence-electron chi connectivity index (χ4n) is 2.94. The number of aryl methyl sites for hydroxylation is 1. The first-order valence-electron chi connectivity index (χ1n) is 9.77. The third kappa shape index (κ3) is 4.22. The van der Waals surface area contributed by atoms with Gasteiger partial charge in [0.05, 0.1) is 6.61 Å². The van der Waals surface area contributed by atoms with Crippen LogP contribution in [0.15, 0.2) is 29.2 Å². The van der Waals surface area contributed by atoms with Crippen LogP contribution in [0.5, 0.6) is 5.75 Å². The van der Waals surface area contributed by atoms with Crippen molar-refractivity contribution < 1.29 is 13.2 Å². The van der Waals surface area contributed by atoms with Gasteiger partial charge in [-0.05, 0) is 36.5 Å². The number of hydrogen-bond acceptors (Lipinski definition) is 5. The highest BCUT2D eigenvalue weighted by Crippen LogP contribution is 2.29. The Kier molecular flexibility index (Phi) is 6.07. The van der Waals surface area contributed by atoms with Gasteiger partial charge in [-0.1, -0.05) is 40.2 Å². The lowest BCUT2D eigenvalue weighted by Gasteiger charge is -2.13. The lowest BCUT2D eigenvalue weighted by molar-refractivity contribution is 0.301. The number of nitrogens with one attached hydrogen (secondary N) is 1. The van der Waals surface area contributed by atoms with Crippen LogP contribution in [0.1, 0.15) is 63.5 Å². The molecule has 0 aliphatic rings. The van der Waals surface area contributed by atoms with Crippen molar-refractivity contribution in [2.75, 3.05) is 6.61 Å². The third-order valence-electron chi connectivity index (χ3n) is 4.73. The minimum Gasteiger partial charge on any atom is -0.492 e. The van der Waals surface area contributed by atoms with Gasteiger partial charge in [0.25, 0.3) is 0 Å². The van der Waals surface area contributed by atoms with Crippen molar-refractivity contribution in [1.82, 2.24) is 19.8 Å². The molecule has 2 aromatic heterocycles. The van der Waals surface area contributed by atoms with E-state index < -0.39 is 9.84 Å². The van der Waals surface area contributed by atoms with E-state index in [-0.39, 0.29) is 16.6 Å². The summed E-state index contributed by atoms with van der Waals surface area (Å²) in [5, 5.41) is 11.4. The highest BCUT2D eigenvalue weighted by molar-refractivity contribution is 7.90. The van der Waals surface area contributed by atoms with Crippen LogP contribution >= 0.6 is 0 Å². The molecule has 8 heteroatoms. The average Bonchev–Trinajstić information content (AvgIpc) is 3.24. The van der Waals surface area contributed by atoms with Crippen LogP contribution < -0.4 is 4.74 Å². The lowest BCUT2D eigenvalue weighted by Crippen LogP contribution is -2.11. The van der Waals surface area contributed by atoms with E-state index >= 15 is 0 Å². The third-order valence-corrected chi connectivity index (χ3v) is 6.36. The molecule has 1 aromatic carbocycles. The summed E-state index contributed by atoms with van der Waals surface area (Å²) < 4.78 is 33.9. The molecule has 0 saturated heterocycles. The molecule has 0 unspecified atom stereocenters. The van der Waals surface area contributed by atoms with Gasteiger partial charge in [0, 0.05) is 11.8 Å². The van der Waals surface area contributed by atoms with Crippen LogP contribution in [-0.4, -0.2) is 34.8 Å². The zero-order chi connectivity index (χ0) is 20.3. The maximum absolute atomic E-state index is 13.2. The van der Waals surface area contributed by atoms with Crippen LogP contribution in [0.4, 0.5) is 0 Å². The van der Waals surface area contributed by atoms with Gasteiger partial charge < -0.3 is 4.74 Å². The molecule has 0 amide bonds. The number of sulfone groups is 1. The Morgan fingerprint density at radius 3 is 2.64 bits per heavy atom. The maximum atomic E-state index is 13.2. The Bertz CT molecular complexity index is 1050. The maximum Gasteiger partial charge on any atom is 0.189 e. The number of hydrogen-bond donors (Lipinski definition) is 1. The van der Waals surface area contributed by atoms with E-state index in [1.54, 1.807) is 16.6 Å². The molecule has 1 N–H and O–H groups in total. The van der Waals surface area contributed by atoms with Crippen molar-refractivity contribution in [3.63, 3.8) is 0 Å². The standard InChI is InChI=1S/C20H28N4O3S/c1-5-7-10-27-17-9-8-15(6-2)11-18(17)28(25,26)13-20-22-21-19-12-16(14(3)4)23-24(19)20/h8-9,11-12,14,23H,5-7,10,13H2,1-4H3. The molecular weight excluding hydrogens is 376 g/mol. The molecule has 28 heavy (non-hydrogen) atoms. The number of benzene rings is 1. The summed E-state index contributed by atoms with van der Waals surface area (Å²) in [6.45, 7) is 8.68. The summed E-state index contributed by atoms with van der Waals surface area (Å²) in [6.07, 6.45) is 2.61. The summed E-state index contributed by atoms with van der Waals surface area (Å²) in [4.78, 5) is 0.218. The van der Waals surface area contributed by atoms with Crippen molar-refractivity contribution in [1.29, 1.82) is 0 Å². The molecular formula is C20H28N4O3S. The first-order chi connectivity index (χ1) is 13.4. The van der Waals surface area contributed by atoms with Crippen LogP contribution in [0.3, 0.4) is 0 Å². The second-order valence-corrected chi connectivity index (χ2v) is 9.23. The summed E-state index contributed by atoms with van der Waals surface area (Å²) in [5.74, 6) is 0.804. The average molecular weight is 405 g/mol. The number of rotatable bonds is 9. The van der Waals surface area contributed by atoms with Gasteiger partial charge in [0.2, 0.25) is 0 Å². The first-order valence-corrected chi connectivity index (χ1v) is 11.4. The van der Waals surface area contributed by atoms with Crippen molar-refractivity contribution in [2.45, 2.75) is 63.5 Å². The Labute approximate surface area is 166 Å². The number of nitrogens with zero attached hydrogens (tertiary/aromatic N) is 3. The number of H-pyrrole nitrogens is 1. The van der Waals surface area contributed by atoms with Crippen molar-refractivity contribution in [2.24, 2.45) is 0 Å². The number of fused-ring (bicyclic) bond motifs is 1. The summed E-state index contributed by atoms with van der Waals surface area (Å²) in [6, 6.07) is 7.27.